The van der Waals surface area contributed by atoms with Crippen LogP contribution >= 0.6 is 0 Å². The lowest BCUT2D eigenvalue weighted by atomic mass is 9.84. The van der Waals surface area contributed by atoms with Gasteiger partial charge in [0.05, 0.1) is 0 Å². The van der Waals surface area contributed by atoms with E-state index in [9.17, 15) is 0 Å². The predicted molar refractivity (Wildman–Crippen MR) is 139 cm³/mol. The molecule has 0 aromatic heterocycles. The largest absolute Gasteiger partial charge is 0.0616 e. The van der Waals surface area contributed by atoms with E-state index in [-0.39, 0.29) is 0 Å². The first-order valence-electron chi connectivity index (χ1n) is 11.2. The summed E-state index contributed by atoms with van der Waals surface area (Å²) in [5.41, 5.74) is 7.95. The molecule has 0 heterocycles. The van der Waals surface area contributed by atoms with Gasteiger partial charge in [-0.05, 0) is 91.7 Å². The maximum Gasteiger partial charge on any atom is -0.00728 e. The minimum atomic E-state index is 1.28. The Hall–Kier alpha value is -3.90. The van der Waals surface area contributed by atoms with Crippen LogP contribution in [-0.4, -0.2) is 0 Å². The van der Waals surface area contributed by atoms with Gasteiger partial charge in [0.1, 0.15) is 0 Å². The summed E-state index contributed by atoms with van der Waals surface area (Å²) in [6.07, 6.45) is 0. The van der Waals surface area contributed by atoms with Gasteiger partial charge in [0.25, 0.3) is 0 Å². The van der Waals surface area contributed by atoms with Crippen molar-refractivity contribution in [2.75, 3.05) is 0 Å². The highest BCUT2D eigenvalue weighted by molar-refractivity contribution is 6.09. The van der Waals surface area contributed by atoms with Crippen LogP contribution in [0.25, 0.3) is 54.6 Å². The fourth-order valence-corrected chi connectivity index (χ4v) is 5.13. The van der Waals surface area contributed by atoms with Crippen LogP contribution in [0.2, 0.25) is 0 Å². The van der Waals surface area contributed by atoms with E-state index in [1.54, 1.807) is 0 Å². The summed E-state index contributed by atoms with van der Waals surface area (Å²) in [6, 6.07) is 39.8. The molecule has 0 fully saturated rings. The molecule has 0 amide bonds. The maximum atomic E-state index is 2.33. The van der Waals surface area contributed by atoms with E-state index in [0.29, 0.717) is 0 Å². The van der Waals surface area contributed by atoms with Gasteiger partial charge in [-0.1, -0.05) is 97.1 Å². The van der Waals surface area contributed by atoms with Gasteiger partial charge in [-0.2, -0.15) is 0 Å². The molecule has 0 saturated carbocycles. The summed E-state index contributed by atoms with van der Waals surface area (Å²) in [7, 11) is 0. The van der Waals surface area contributed by atoms with Gasteiger partial charge in [0.15, 0.2) is 0 Å². The molecule has 0 nitrogen and oxygen atoms in total. The molecule has 32 heavy (non-hydrogen) atoms. The molecule has 0 aliphatic carbocycles. The second-order valence-corrected chi connectivity index (χ2v) is 8.67. The standard InChI is InChI=1S/C32H24/c1-21-22(2)32(28-18-16-24-10-4-6-12-26(24)20-28)30-14-8-7-13-29(30)31(21)27-17-15-23-9-3-5-11-25(23)19-27/h3-20H,1-2H3. The number of hydrogen-bond acceptors (Lipinski definition) is 0. The minimum absolute atomic E-state index is 1.28. The van der Waals surface area contributed by atoms with E-state index in [1.807, 2.05) is 0 Å². The van der Waals surface area contributed by atoms with Crippen LogP contribution in [0.5, 0.6) is 0 Å². The van der Waals surface area contributed by atoms with Crippen molar-refractivity contribution in [1.82, 2.24) is 0 Å². The van der Waals surface area contributed by atoms with Crippen molar-refractivity contribution in [3.05, 3.63) is 120 Å². The van der Waals surface area contributed by atoms with E-state index in [0.717, 1.165) is 0 Å². The lowest BCUT2D eigenvalue weighted by molar-refractivity contribution is 1.36. The third-order valence-corrected chi connectivity index (χ3v) is 6.85. The lowest BCUT2D eigenvalue weighted by Gasteiger charge is -2.20. The van der Waals surface area contributed by atoms with E-state index >= 15 is 0 Å². The second kappa shape index (κ2) is 7.35. The Morgan fingerprint density at radius 3 is 1.19 bits per heavy atom. The molecule has 0 saturated heterocycles. The van der Waals surface area contributed by atoms with Crippen molar-refractivity contribution in [3.63, 3.8) is 0 Å². The van der Waals surface area contributed by atoms with E-state index < -0.39 is 0 Å². The fourth-order valence-electron chi connectivity index (χ4n) is 5.13. The summed E-state index contributed by atoms with van der Waals surface area (Å²) in [5, 5.41) is 7.75. The normalized spacial score (nSPS) is 11.4. The lowest BCUT2D eigenvalue weighted by Crippen LogP contribution is -1.95. The van der Waals surface area contributed by atoms with Crippen LogP contribution in [0.1, 0.15) is 11.1 Å². The van der Waals surface area contributed by atoms with Crippen molar-refractivity contribution in [3.8, 4) is 22.3 Å². The molecule has 0 aliphatic heterocycles. The molecule has 0 unspecified atom stereocenters. The Bertz CT molecular complexity index is 1510. The number of benzene rings is 6. The van der Waals surface area contributed by atoms with Crippen LogP contribution < -0.4 is 0 Å². The Balaban J connectivity index is 1.66. The molecule has 0 aliphatic rings. The molecule has 0 radical (unpaired) electrons. The van der Waals surface area contributed by atoms with Gasteiger partial charge in [-0.15, -0.1) is 0 Å². The molecule has 0 bridgehead atoms. The molecule has 152 valence electrons. The van der Waals surface area contributed by atoms with Crippen molar-refractivity contribution in [1.29, 1.82) is 0 Å². The Labute approximate surface area is 188 Å². The average molecular weight is 409 g/mol. The third kappa shape index (κ3) is 2.92. The summed E-state index contributed by atoms with van der Waals surface area (Å²) >= 11 is 0. The first-order valence-corrected chi connectivity index (χ1v) is 11.2. The van der Waals surface area contributed by atoms with Crippen LogP contribution in [-0.2, 0) is 0 Å². The molecular weight excluding hydrogens is 384 g/mol. The van der Waals surface area contributed by atoms with Gasteiger partial charge in [0, 0.05) is 0 Å². The Morgan fingerprint density at radius 2 is 0.750 bits per heavy atom. The number of rotatable bonds is 2. The Morgan fingerprint density at radius 1 is 0.375 bits per heavy atom. The average Bonchev–Trinajstić information content (AvgIpc) is 2.84. The van der Waals surface area contributed by atoms with E-state index in [1.165, 1.54) is 65.7 Å². The fraction of sp³-hybridized carbons (Fsp3) is 0.0625. The third-order valence-electron chi connectivity index (χ3n) is 6.85. The molecule has 0 spiro atoms. The van der Waals surface area contributed by atoms with Crippen molar-refractivity contribution < 1.29 is 0 Å². The quantitative estimate of drug-likeness (QED) is 0.268. The van der Waals surface area contributed by atoms with Crippen molar-refractivity contribution in [2.45, 2.75) is 13.8 Å². The zero-order valence-corrected chi connectivity index (χ0v) is 18.4. The van der Waals surface area contributed by atoms with Crippen LogP contribution in [0, 0.1) is 13.8 Å². The summed E-state index contributed by atoms with van der Waals surface area (Å²) in [6.45, 7) is 4.55. The van der Waals surface area contributed by atoms with E-state index in [2.05, 4.69) is 123 Å². The first-order chi connectivity index (χ1) is 15.7. The molecule has 6 rings (SSSR count). The smallest absolute Gasteiger partial charge is 0.00728 e. The van der Waals surface area contributed by atoms with Crippen LogP contribution in [0.4, 0.5) is 0 Å². The monoisotopic (exact) mass is 408 g/mol. The van der Waals surface area contributed by atoms with Gasteiger partial charge in [-0.3, -0.25) is 0 Å². The van der Waals surface area contributed by atoms with Crippen LogP contribution in [0.3, 0.4) is 0 Å². The SMILES string of the molecule is Cc1c(C)c(-c2ccc3ccccc3c2)c2ccccc2c1-c1ccc2ccccc2c1. The first kappa shape index (κ1) is 18.8. The highest BCUT2D eigenvalue weighted by atomic mass is 14.2. The van der Waals surface area contributed by atoms with Crippen LogP contribution in [0.15, 0.2) is 109 Å². The number of hydrogen-bond donors (Lipinski definition) is 0. The van der Waals surface area contributed by atoms with Gasteiger partial charge in [-0.25, -0.2) is 0 Å². The number of fused-ring (bicyclic) bond motifs is 3. The molecule has 0 heteroatoms. The molecular formula is C32H24. The van der Waals surface area contributed by atoms with Gasteiger partial charge < -0.3 is 0 Å². The molecule has 0 N–H and O–H groups in total. The second-order valence-electron chi connectivity index (χ2n) is 8.67. The molecule has 6 aromatic carbocycles. The zero-order chi connectivity index (χ0) is 21.7. The van der Waals surface area contributed by atoms with Gasteiger partial charge in [0.2, 0.25) is 0 Å². The summed E-state index contributed by atoms with van der Waals surface area (Å²) in [4.78, 5) is 0. The molecule has 0 atom stereocenters. The maximum absolute atomic E-state index is 2.33. The predicted octanol–water partition coefficient (Wildman–Crippen LogP) is 9.10. The highest BCUT2D eigenvalue weighted by Crippen LogP contribution is 2.42. The van der Waals surface area contributed by atoms with Crippen molar-refractivity contribution in [2.24, 2.45) is 0 Å². The molecule has 6 aromatic rings. The summed E-state index contributed by atoms with van der Waals surface area (Å²) < 4.78 is 0. The summed E-state index contributed by atoms with van der Waals surface area (Å²) in [5.74, 6) is 0. The zero-order valence-electron chi connectivity index (χ0n) is 18.4. The minimum Gasteiger partial charge on any atom is -0.0616 e. The highest BCUT2D eigenvalue weighted by Gasteiger charge is 2.17. The van der Waals surface area contributed by atoms with Gasteiger partial charge >= 0.3 is 0 Å². The Kier molecular flexibility index (Phi) is 4.33. The van der Waals surface area contributed by atoms with Crippen molar-refractivity contribution >= 4 is 32.3 Å². The topological polar surface area (TPSA) is 0 Å². The van der Waals surface area contributed by atoms with E-state index in [4.69, 9.17) is 0 Å².